The van der Waals surface area contributed by atoms with Crippen LogP contribution in [0.5, 0.6) is 5.75 Å². The third kappa shape index (κ3) is 4.57. The van der Waals surface area contributed by atoms with Crippen LogP contribution in [0.2, 0.25) is 0 Å². The Hall–Kier alpha value is -3.45. The van der Waals surface area contributed by atoms with Crippen LogP contribution in [0.1, 0.15) is 40.7 Å². The zero-order valence-corrected chi connectivity index (χ0v) is 24.5. The lowest BCUT2D eigenvalue weighted by Crippen LogP contribution is -2.63. The van der Waals surface area contributed by atoms with Crippen molar-refractivity contribution in [2.45, 2.75) is 43.9 Å². The number of aromatic hydroxyl groups is 1. The molecule has 0 aromatic heterocycles. The van der Waals surface area contributed by atoms with Gasteiger partial charge >= 0.3 is 0 Å². The van der Waals surface area contributed by atoms with Gasteiger partial charge in [-0.05, 0) is 82.9 Å². The van der Waals surface area contributed by atoms with Gasteiger partial charge in [-0.3, -0.25) is 19.3 Å². The van der Waals surface area contributed by atoms with Gasteiger partial charge in [-0.2, -0.15) is 0 Å². The van der Waals surface area contributed by atoms with Gasteiger partial charge in [0.15, 0.2) is 11.4 Å². The van der Waals surface area contributed by atoms with E-state index >= 15 is 0 Å². The molecule has 0 saturated carbocycles. The number of benzene rings is 1. The maximum absolute atomic E-state index is 14.1. The number of nitrogens with two attached hydrogens (primary N) is 1. The summed E-state index contributed by atoms with van der Waals surface area (Å²) in [6.45, 7) is 3.03. The Labute approximate surface area is 244 Å². The van der Waals surface area contributed by atoms with Crippen molar-refractivity contribution in [3.8, 4) is 5.75 Å². The lowest BCUT2D eigenvalue weighted by molar-refractivity contribution is -0.148. The fraction of sp³-hybridized carbons (Fsp3) is 0.567. The molecule has 5 rings (SSSR count). The van der Waals surface area contributed by atoms with Crippen LogP contribution in [0.25, 0.3) is 0 Å². The number of anilines is 1. The van der Waals surface area contributed by atoms with E-state index in [9.17, 15) is 34.8 Å². The zero-order chi connectivity index (χ0) is 30.7. The molecule has 228 valence electrons. The number of piperidine rings is 1. The van der Waals surface area contributed by atoms with Crippen LogP contribution in [0.15, 0.2) is 28.7 Å². The molecule has 4 aliphatic rings. The van der Waals surface area contributed by atoms with Gasteiger partial charge in [0.2, 0.25) is 5.78 Å². The second-order valence-corrected chi connectivity index (χ2v) is 12.4. The van der Waals surface area contributed by atoms with E-state index in [0.717, 1.165) is 38.2 Å². The van der Waals surface area contributed by atoms with E-state index in [1.165, 1.54) is 4.90 Å². The summed E-state index contributed by atoms with van der Waals surface area (Å²) in [4.78, 5) is 43.2. The van der Waals surface area contributed by atoms with Gasteiger partial charge in [-0.25, -0.2) is 0 Å². The Bertz CT molecular complexity index is 1390. The molecule has 1 aliphatic heterocycles. The van der Waals surface area contributed by atoms with Crippen LogP contribution in [-0.4, -0.2) is 102 Å². The molecule has 12 heteroatoms. The SMILES string of the molecule is CN(C)c1cc(CNCC2CCNCC2)c(O)c2c1C[C@@H]1C[C@@H]3C(N(C)C)C(O)=C(C(N)=O)C(=O)[C@@]3(O)C(O)=C1C2=O. The van der Waals surface area contributed by atoms with Crippen molar-refractivity contribution in [3.05, 3.63) is 45.4 Å². The number of aliphatic hydroxyl groups is 3. The van der Waals surface area contributed by atoms with Gasteiger partial charge < -0.3 is 41.7 Å². The van der Waals surface area contributed by atoms with Crippen LogP contribution in [0.4, 0.5) is 5.69 Å². The highest BCUT2D eigenvalue weighted by molar-refractivity contribution is 6.24. The molecule has 1 unspecified atom stereocenters. The van der Waals surface area contributed by atoms with Crippen molar-refractivity contribution in [1.29, 1.82) is 0 Å². The molecule has 1 aromatic carbocycles. The number of phenolic OH excluding ortho intramolecular Hbond substituents is 1. The van der Waals surface area contributed by atoms with E-state index in [4.69, 9.17) is 5.73 Å². The average molecular weight is 584 g/mol. The standard InChI is InChI=1S/C30H41N5O7/c1-34(2)19-11-16(13-33-12-14-5-7-32-8-6-14)24(36)21-17(19)9-15-10-18-23(35(3)4)26(38)22(29(31)41)28(40)30(18,42)27(39)20(15)25(21)37/h11,14-15,18,23,32-33,36,38-39,42H,5-10,12-13H2,1-4H3,(H2,31,41)/t15-,18-,23?,30+/m1/s1. The number of nitrogens with zero attached hydrogens (tertiary/aromatic N) is 2. The van der Waals surface area contributed by atoms with Gasteiger partial charge in [-0.15, -0.1) is 0 Å². The highest BCUT2D eigenvalue weighted by Gasteiger charge is 2.63. The number of Topliss-reactive ketones (excluding diaryl/α,β-unsaturated/α-hetero) is 2. The van der Waals surface area contributed by atoms with E-state index < -0.39 is 58.0 Å². The quantitative estimate of drug-likeness (QED) is 0.218. The first-order valence-electron chi connectivity index (χ1n) is 14.4. The fourth-order valence-corrected chi connectivity index (χ4v) is 7.38. The zero-order valence-electron chi connectivity index (χ0n) is 24.5. The maximum atomic E-state index is 14.1. The van der Waals surface area contributed by atoms with Gasteiger partial charge in [0.1, 0.15) is 22.8 Å². The number of carbonyl (C=O) groups excluding carboxylic acids is 3. The highest BCUT2D eigenvalue weighted by Crippen LogP contribution is 2.53. The summed E-state index contributed by atoms with van der Waals surface area (Å²) in [6, 6.07) is 0.843. The number of fused-ring (bicyclic) bond motifs is 3. The van der Waals surface area contributed by atoms with Crippen molar-refractivity contribution in [3.63, 3.8) is 0 Å². The topological polar surface area (TPSA) is 189 Å². The lowest BCUT2D eigenvalue weighted by Gasteiger charge is -2.50. The summed E-state index contributed by atoms with van der Waals surface area (Å²) in [5.74, 6) is -5.98. The number of rotatable bonds is 7. The molecule has 1 heterocycles. The number of aliphatic hydroxyl groups excluding tert-OH is 2. The molecular formula is C30H41N5O7. The molecule has 42 heavy (non-hydrogen) atoms. The number of primary amides is 1. The number of likely N-dealkylation sites (N-methyl/N-ethyl adjacent to an activating group) is 1. The van der Waals surface area contributed by atoms with E-state index in [1.807, 2.05) is 25.1 Å². The van der Waals surface area contributed by atoms with Crippen LogP contribution < -0.4 is 21.3 Å². The Morgan fingerprint density at radius 1 is 1.14 bits per heavy atom. The van der Waals surface area contributed by atoms with Crippen LogP contribution in [-0.2, 0) is 22.6 Å². The summed E-state index contributed by atoms with van der Waals surface area (Å²) in [7, 11) is 6.91. The van der Waals surface area contributed by atoms with E-state index in [2.05, 4.69) is 10.6 Å². The van der Waals surface area contributed by atoms with Gasteiger partial charge in [-0.1, -0.05) is 0 Å². The molecule has 0 radical (unpaired) electrons. The first kappa shape index (κ1) is 30.0. The fourth-order valence-electron chi connectivity index (χ4n) is 7.38. The van der Waals surface area contributed by atoms with Gasteiger partial charge in [0.05, 0.1) is 11.6 Å². The third-order valence-corrected chi connectivity index (χ3v) is 9.47. The normalized spacial score (nSPS) is 28.1. The Balaban J connectivity index is 1.58. The second kappa shape index (κ2) is 11.0. The van der Waals surface area contributed by atoms with Crippen molar-refractivity contribution in [2.24, 2.45) is 23.5 Å². The lowest BCUT2D eigenvalue weighted by atomic mass is 9.58. The smallest absolute Gasteiger partial charge is 0.255 e. The molecule has 0 bridgehead atoms. The maximum Gasteiger partial charge on any atom is 0.255 e. The Kier molecular flexibility index (Phi) is 7.86. The number of nitrogens with one attached hydrogen (secondary N) is 2. The van der Waals surface area contributed by atoms with E-state index in [-0.39, 0.29) is 29.7 Å². The number of hydrogen-bond acceptors (Lipinski definition) is 11. The number of phenols is 1. The molecule has 1 fully saturated rings. The largest absolute Gasteiger partial charge is 0.510 e. The summed E-state index contributed by atoms with van der Waals surface area (Å²) < 4.78 is 0. The highest BCUT2D eigenvalue weighted by atomic mass is 16.3. The molecule has 0 spiro atoms. The minimum Gasteiger partial charge on any atom is -0.510 e. The Morgan fingerprint density at radius 3 is 2.40 bits per heavy atom. The summed E-state index contributed by atoms with van der Waals surface area (Å²) >= 11 is 0. The van der Waals surface area contributed by atoms with Crippen LogP contribution in [0, 0.1) is 17.8 Å². The molecule has 3 aliphatic carbocycles. The van der Waals surface area contributed by atoms with Crippen molar-refractivity contribution in [2.75, 3.05) is 52.7 Å². The van der Waals surface area contributed by atoms with E-state index in [0.29, 0.717) is 23.6 Å². The predicted octanol–water partition coefficient (Wildman–Crippen LogP) is 0.276. The Morgan fingerprint density at radius 2 is 1.81 bits per heavy atom. The first-order chi connectivity index (χ1) is 19.8. The van der Waals surface area contributed by atoms with Crippen molar-refractivity contribution in [1.82, 2.24) is 15.5 Å². The van der Waals surface area contributed by atoms with Crippen molar-refractivity contribution >= 4 is 23.2 Å². The number of ketones is 2. The predicted molar refractivity (Wildman–Crippen MR) is 155 cm³/mol. The molecule has 8 N–H and O–H groups in total. The molecule has 1 aromatic rings. The number of hydrogen-bond donors (Lipinski definition) is 7. The number of carbonyl (C=O) groups is 3. The minimum atomic E-state index is -2.65. The van der Waals surface area contributed by atoms with Crippen LogP contribution in [0.3, 0.4) is 0 Å². The molecular weight excluding hydrogens is 542 g/mol. The van der Waals surface area contributed by atoms with Gasteiger partial charge in [0, 0.05) is 43.4 Å². The first-order valence-corrected chi connectivity index (χ1v) is 14.4. The third-order valence-electron chi connectivity index (χ3n) is 9.47. The average Bonchev–Trinajstić information content (AvgIpc) is 2.92. The molecule has 1 saturated heterocycles. The van der Waals surface area contributed by atoms with Crippen LogP contribution >= 0.6 is 0 Å². The summed E-state index contributed by atoms with van der Waals surface area (Å²) in [5.41, 5.74) is 3.69. The molecule has 1 amide bonds. The summed E-state index contributed by atoms with van der Waals surface area (Å²) in [6.07, 6.45) is 2.42. The van der Waals surface area contributed by atoms with E-state index in [1.54, 1.807) is 14.1 Å². The van der Waals surface area contributed by atoms with Crippen molar-refractivity contribution < 1.29 is 34.8 Å². The van der Waals surface area contributed by atoms with Gasteiger partial charge in [0.25, 0.3) is 5.91 Å². The molecule has 4 atom stereocenters. The summed E-state index contributed by atoms with van der Waals surface area (Å²) in [5, 5.41) is 52.4. The minimum absolute atomic E-state index is 0.0284. The monoisotopic (exact) mass is 583 g/mol. The number of amides is 1. The number of allylic oxidation sites excluding steroid dienone is 1. The molecule has 12 nitrogen and oxygen atoms in total. The second-order valence-electron chi connectivity index (χ2n) is 12.4.